The van der Waals surface area contributed by atoms with Crippen molar-refractivity contribution in [2.24, 2.45) is 0 Å². The van der Waals surface area contributed by atoms with E-state index in [0.717, 1.165) is 0 Å². The van der Waals surface area contributed by atoms with Gasteiger partial charge in [-0.1, -0.05) is 35.9 Å². The normalized spacial score (nSPS) is 10.0. The predicted molar refractivity (Wildman–Crippen MR) is 92.8 cm³/mol. The van der Waals surface area contributed by atoms with Gasteiger partial charge >= 0.3 is 11.9 Å². The third kappa shape index (κ3) is 5.06. The van der Waals surface area contributed by atoms with E-state index < -0.39 is 24.5 Å². The molecule has 2 rings (SSSR count). The highest BCUT2D eigenvalue weighted by molar-refractivity contribution is 6.33. The fourth-order valence-electron chi connectivity index (χ4n) is 2.00. The maximum absolute atomic E-state index is 12.0. The molecule has 0 fully saturated rings. The summed E-state index contributed by atoms with van der Waals surface area (Å²) in [5.41, 5.74) is 0.666. The zero-order chi connectivity index (χ0) is 18.2. The number of esters is 2. The molecule has 0 heterocycles. The van der Waals surface area contributed by atoms with Crippen LogP contribution >= 0.6 is 11.6 Å². The number of benzene rings is 2. The van der Waals surface area contributed by atoms with Crippen molar-refractivity contribution in [2.45, 2.75) is 6.92 Å². The fraction of sp³-hybridized carbons (Fsp3) is 0.167. The number of hydrogen-bond donors (Lipinski definition) is 1. The zero-order valence-electron chi connectivity index (χ0n) is 13.5. The third-order valence-corrected chi connectivity index (χ3v) is 3.45. The lowest BCUT2D eigenvalue weighted by atomic mass is 10.2. The number of nitrogens with one attached hydrogen (secondary N) is 1. The predicted octanol–water partition coefficient (Wildman–Crippen LogP) is 3.31. The maximum atomic E-state index is 12.0. The topological polar surface area (TPSA) is 81.7 Å². The van der Waals surface area contributed by atoms with Gasteiger partial charge in [-0.3, -0.25) is 4.79 Å². The molecule has 0 atom stereocenters. The zero-order valence-corrected chi connectivity index (χ0v) is 14.2. The van der Waals surface area contributed by atoms with E-state index in [2.05, 4.69) is 5.32 Å². The van der Waals surface area contributed by atoms with Crippen LogP contribution in [0.15, 0.2) is 48.5 Å². The van der Waals surface area contributed by atoms with Gasteiger partial charge in [-0.15, -0.1) is 0 Å². The van der Waals surface area contributed by atoms with E-state index in [1.165, 1.54) is 12.1 Å². The lowest BCUT2D eigenvalue weighted by Gasteiger charge is -2.11. The summed E-state index contributed by atoms with van der Waals surface area (Å²) in [4.78, 5) is 35.8. The molecule has 6 nitrogen and oxygen atoms in total. The Hall–Kier alpha value is -2.86. The number of carbonyl (C=O) groups excluding carboxylic acids is 3. The van der Waals surface area contributed by atoms with E-state index in [-0.39, 0.29) is 28.4 Å². The highest BCUT2D eigenvalue weighted by atomic mass is 35.5. The number of ether oxygens (including phenoxy) is 2. The first kappa shape index (κ1) is 18.5. The smallest absolute Gasteiger partial charge is 0.340 e. The Balaban J connectivity index is 1.98. The molecule has 0 saturated heterocycles. The number of para-hydroxylation sites is 1. The molecule has 7 heteroatoms. The van der Waals surface area contributed by atoms with Crippen LogP contribution in [0.3, 0.4) is 0 Å². The molecule has 0 aliphatic heterocycles. The molecule has 2 aromatic rings. The first-order chi connectivity index (χ1) is 12.0. The number of anilines is 1. The molecule has 1 amide bonds. The van der Waals surface area contributed by atoms with Gasteiger partial charge in [0.05, 0.1) is 28.4 Å². The van der Waals surface area contributed by atoms with E-state index in [9.17, 15) is 14.4 Å². The van der Waals surface area contributed by atoms with Crippen LogP contribution in [0.2, 0.25) is 5.02 Å². The SMILES string of the molecule is CCOC(=O)c1ccccc1NC(=O)COC(=O)c1ccccc1Cl. The van der Waals surface area contributed by atoms with Crippen molar-refractivity contribution in [3.05, 3.63) is 64.7 Å². The Morgan fingerprint density at radius 3 is 2.20 bits per heavy atom. The average Bonchev–Trinajstić information content (AvgIpc) is 2.60. The molecule has 0 saturated carbocycles. The van der Waals surface area contributed by atoms with Crippen molar-refractivity contribution >= 4 is 35.1 Å². The number of amides is 1. The summed E-state index contributed by atoms with van der Waals surface area (Å²) in [6.45, 7) is 1.39. The van der Waals surface area contributed by atoms with Gasteiger partial charge in [-0.05, 0) is 31.2 Å². The number of halogens is 1. The van der Waals surface area contributed by atoms with E-state index >= 15 is 0 Å². The third-order valence-electron chi connectivity index (χ3n) is 3.12. The molecule has 2 aromatic carbocycles. The summed E-state index contributed by atoms with van der Waals surface area (Å²) in [7, 11) is 0. The van der Waals surface area contributed by atoms with E-state index in [0.29, 0.717) is 0 Å². The second-order valence-electron chi connectivity index (χ2n) is 4.87. The van der Waals surface area contributed by atoms with Gasteiger partial charge in [0, 0.05) is 0 Å². The summed E-state index contributed by atoms with van der Waals surface area (Å²) in [5.74, 6) is -1.84. The second-order valence-corrected chi connectivity index (χ2v) is 5.28. The summed E-state index contributed by atoms with van der Waals surface area (Å²) in [6.07, 6.45) is 0. The number of hydrogen-bond acceptors (Lipinski definition) is 5. The van der Waals surface area contributed by atoms with E-state index in [1.807, 2.05) is 0 Å². The van der Waals surface area contributed by atoms with Crippen LogP contribution < -0.4 is 5.32 Å². The molecular weight excluding hydrogens is 346 g/mol. The van der Waals surface area contributed by atoms with Crippen LogP contribution in [-0.2, 0) is 14.3 Å². The van der Waals surface area contributed by atoms with E-state index in [1.54, 1.807) is 43.3 Å². The molecule has 0 aromatic heterocycles. The van der Waals surface area contributed by atoms with Gasteiger partial charge in [-0.25, -0.2) is 9.59 Å². The van der Waals surface area contributed by atoms with Crippen LogP contribution in [0, 0.1) is 0 Å². The molecule has 0 unspecified atom stereocenters. The summed E-state index contributed by atoms with van der Waals surface area (Å²) < 4.78 is 9.87. The van der Waals surface area contributed by atoms with Crippen LogP contribution in [-0.4, -0.2) is 31.1 Å². The van der Waals surface area contributed by atoms with E-state index in [4.69, 9.17) is 21.1 Å². The molecule has 0 bridgehead atoms. The Labute approximate surface area is 149 Å². The highest BCUT2D eigenvalue weighted by Gasteiger charge is 2.16. The van der Waals surface area contributed by atoms with Crippen LogP contribution in [0.4, 0.5) is 5.69 Å². The second kappa shape index (κ2) is 8.84. The summed E-state index contributed by atoms with van der Waals surface area (Å²) in [6, 6.07) is 12.8. The Morgan fingerprint density at radius 2 is 1.52 bits per heavy atom. The Kier molecular flexibility index (Phi) is 6.54. The summed E-state index contributed by atoms with van der Waals surface area (Å²) in [5, 5.41) is 2.76. The quantitative estimate of drug-likeness (QED) is 0.798. The minimum Gasteiger partial charge on any atom is -0.462 e. The van der Waals surface area contributed by atoms with Crippen molar-refractivity contribution in [3.8, 4) is 0 Å². The maximum Gasteiger partial charge on any atom is 0.340 e. The van der Waals surface area contributed by atoms with Crippen molar-refractivity contribution < 1.29 is 23.9 Å². The first-order valence-corrected chi connectivity index (χ1v) is 7.88. The molecule has 0 radical (unpaired) electrons. The van der Waals surface area contributed by atoms with Crippen LogP contribution in [0.1, 0.15) is 27.6 Å². The summed E-state index contributed by atoms with van der Waals surface area (Å²) >= 11 is 5.90. The Morgan fingerprint density at radius 1 is 0.920 bits per heavy atom. The van der Waals surface area contributed by atoms with Gasteiger partial charge in [0.25, 0.3) is 5.91 Å². The van der Waals surface area contributed by atoms with Gasteiger partial charge < -0.3 is 14.8 Å². The largest absolute Gasteiger partial charge is 0.462 e. The van der Waals surface area contributed by atoms with Crippen LogP contribution in [0.5, 0.6) is 0 Å². The van der Waals surface area contributed by atoms with Crippen molar-refractivity contribution in [1.29, 1.82) is 0 Å². The van der Waals surface area contributed by atoms with Crippen molar-refractivity contribution in [1.82, 2.24) is 0 Å². The molecule has 130 valence electrons. The van der Waals surface area contributed by atoms with Gasteiger partial charge in [0.2, 0.25) is 0 Å². The molecule has 25 heavy (non-hydrogen) atoms. The van der Waals surface area contributed by atoms with Crippen molar-refractivity contribution in [2.75, 3.05) is 18.5 Å². The molecule has 1 N–H and O–H groups in total. The fourth-order valence-corrected chi connectivity index (χ4v) is 2.21. The van der Waals surface area contributed by atoms with Gasteiger partial charge in [-0.2, -0.15) is 0 Å². The van der Waals surface area contributed by atoms with Gasteiger partial charge in [0.15, 0.2) is 6.61 Å². The standard InChI is InChI=1S/C18H16ClNO5/c1-2-24-18(23)13-8-4-6-10-15(13)20-16(21)11-25-17(22)12-7-3-5-9-14(12)19/h3-10H,2,11H2,1H3,(H,20,21). The first-order valence-electron chi connectivity index (χ1n) is 7.50. The molecule has 0 aliphatic carbocycles. The molecule has 0 aliphatic rings. The molecule has 0 spiro atoms. The highest BCUT2D eigenvalue weighted by Crippen LogP contribution is 2.17. The van der Waals surface area contributed by atoms with Crippen molar-refractivity contribution in [3.63, 3.8) is 0 Å². The number of carbonyl (C=O) groups is 3. The molecular formula is C18H16ClNO5. The average molecular weight is 362 g/mol. The minimum atomic E-state index is -0.709. The Bertz CT molecular complexity index is 791. The minimum absolute atomic E-state index is 0.170. The van der Waals surface area contributed by atoms with Gasteiger partial charge in [0.1, 0.15) is 0 Å². The lowest BCUT2D eigenvalue weighted by Crippen LogP contribution is -2.22. The number of rotatable bonds is 6. The van der Waals surface area contributed by atoms with Crippen LogP contribution in [0.25, 0.3) is 0 Å². The lowest BCUT2D eigenvalue weighted by molar-refractivity contribution is -0.119. The monoisotopic (exact) mass is 361 g/mol.